The molecule has 0 atom stereocenters. The molecule has 106 valence electrons. The van der Waals surface area contributed by atoms with E-state index in [2.05, 4.69) is 51.7 Å². The minimum atomic E-state index is 0.907. The van der Waals surface area contributed by atoms with Gasteiger partial charge >= 0.3 is 0 Å². The van der Waals surface area contributed by atoms with Crippen LogP contribution in [0.5, 0.6) is 0 Å². The molecule has 0 aliphatic carbocycles. The molecule has 0 unspecified atom stereocenters. The average Bonchev–Trinajstić information content (AvgIpc) is 2.96. The highest BCUT2D eigenvalue weighted by molar-refractivity contribution is 5.34. The maximum atomic E-state index is 4.23. The van der Waals surface area contributed by atoms with Crippen molar-refractivity contribution in [3.8, 4) is 5.69 Å². The number of piperazine rings is 1. The lowest BCUT2D eigenvalue weighted by atomic mass is 10.1. The molecule has 1 saturated heterocycles. The van der Waals surface area contributed by atoms with E-state index < -0.39 is 0 Å². The van der Waals surface area contributed by atoms with E-state index in [-0.39, 0.29) is 0 Å². The predicted octanol–water partition coefficient (Wildman–Crippen LogP) is 1.23. The zero-order valence-electron chi connectivity index (χ0n) is 11.9. The van der Waals surface area contributed by atoms with Crippen LogP contribution in [0.2, 0.25) is 0 Å². The Hall–Kier alpha value is -1.72. The Kier molecular flexibility index (Phi) is 4.08. The van der Waals surface area contributed by atoms with Gasteiger partial charge in [0.2, 0.25) is 0 Å². The molecule has 1 aliphatic heterocycles. The zero-order chi connectivity index (χ0) is 13.8. The second-order valence-corrected chi connectivity index (χ2v) is 5.18. The normalized spacial score (nSPS) is 16.4. The van der Waals surface area contributed by atoms with Crippen molar-refractivity contribution in [3.63, 3.8) is 0 Å². The van der Waals surface area contributed by atoms with Gasteiger partial charge in [-0.1, -0.05) is 24.3 Å². The van der Waals surface area contributed by atoms with Gasteiger partial charge in [-0.3, -0.25) is 4.90 Å². The molecule has 1 aromatic heterocycles. The third-order valence-corrected chi connectivity index (χ3v) is 3.80. The highest BCUT2D eigenvalue weighted by Crippen LogP contribution is 2.13. The molecular formula is C15H21N5. The van der Waals surface area contributed by atoms with Crippen LogP contribution in [0.1, 0.15) is 18.2 Å². The van der Waals surface area contributed by atoms with Gasteiger partial charge in [0.25, 0.3) is 0 Å². The standard InChI is InChI=1S/C15H21N5/c1-2-13-3-5-14(6-4-13)20-15(11-17-18-20)12-19-9-7-16-8-10-19/h3-6,11,16H,2,7-10,12H2,1H3. The van der Waals surface area contributed by atoms with E-state index in [4.69, 9.17) is 0 Å². The Balaban J connectivity index is 1.77. The summed E-state index contributed by atoms with van der Waals surface area (Å²) in [7, 11) is 0. The van der Waals surface area contributed by atoms with Gasteiger partial charge in [-0.2, -0.15) is 0 Å². The number of benzene rings is 1. The second kappa shape index (κ2) is 6.15. The summed E-state index contributed by atoms with van der Waals surface area (Å²) in [6.07, 6.45) is 2.93. The van der Waals surface area contributed by atoms with Gasteiger partial charge in [-0.25, -0.2) is 4.68 Å². The minimum Gasteiger partial charge on any atom is -0.314 e. The Bertz CT molecular complexity index is 540. The van der Waals surface area contributed by atoms with Gasteiger partial charge in [0, 0.05) is 32.7 Å². The number of nitrogens with zero attached hydrogens (tertiary/aromatic N) is 4. The summed E-state index contributed by atoms with van der Waals surface area (Å²) in [5, 5.41) is 11.7. The maximum absolute atomic E-state index is 4.23. The summed E-state index contributed by atoms with van der Waals surface area (Å²) in [6, 6.07) is 8.56. The first-order valence-corrected chi connectivity index (χ1v) is 7.29. The van der Waals surface area contributed by atoms with Crippen LogP contribution in [0.25, 0.3) is 5.69 Å². The maximum Gasteiger partial charge on any atom is 0.0786 e. The van der Waals surface area contributed by atoms with Crippen LogP contribution in [0, 0.1) is 0 Å². The fourth-order valence-electron chi connectivity index (χ4n) is 2.55. The third-order valence-electron chi connectivity index (χ3n) is 3.80. The Labute approximate surface area is 119 Å². The van der Waals surface area contributed by atoms with Crippen molar-refractivity contribution in [2.24, 2.45) is 0 Å². The van der Waals surface area contributed by atoms with E-state index in [1.165, 1.54) is 5.56 Å². The molecule has 2 heterocycles. The van der Waals surface area contributed by atoms with E-state index >= 15 is 0 Å². The van der Waals surface area contributed by atoms with Gasteiger partial charge in [0.15, 0.2) is 0 Å². The molecule has 0 radical (unpaired) electrons. The number of rotatable bonds is 4. The lowest BCUT2D eigenvalue weighted by Gasteiger charge is -2.26. The highest BCUT2D eigenvalue weighted by Gasteiger charge is 2.13. The fourth-order valence-corrected chi connectivity index (χ4v) is 2.55. The average molecular weight is 271 g/mol. The number of nitrogens with one attached hydrogen (secondary N) is 1. The predicted molar refractivity (Wildman–Crippen MR) is 78.9 cm³/mol. The van der Waals surface area contributed by atoms with Gasteiger partial charge < -0.3 is 5.32 Å². The van der Waals surface area contributed by atoms with E-state index in [1.807, 2.05) is 10.9 Å². The Morgan fingerprint density at radius 1 is 1.15 bits per heavy atom. The molecule has 0 amide bonds. The van der Waals surface area contributed by atoms with Crippen LogP contribution in [-0.4, -0.2) is 46.1 Å². The second-order valence-electron chi connectivity index (χ2n) is 5.18. The zero-order valence-corrected chi connectivity index (χ0v) is 11.9. The van der Waals surface area contributed by atoms with Crippen molar-refractivity contribution in [2.45, 2.75) is 19.9 Å². The van der Waals surface area contributed by atoms with Gasteiger partial charge in [0.1, 0.15) is 0 Å². The molecule has 0 bridgehead atoms. The third kappa shape index (κ3) is 2.89. The fraction of sp³-hybridized carbons (Fsp3) is 0.467. The molecule has 0 saturated carbocycles. The van der Waals surface area contributed by atoms with E-state index in [0.29, 0.717) is 0 Å². The number of hydrogen-bond donors (Lipinski definition) is 1. The van der Waals surface area contributed by atoms with Crippen molar-refractivity contribution in [1.29, 1.82) is 0 Å². The lowest BCUT2D eigenvalue weighted by molar-refractivity contribution is 0.229. The van der Waals surface area contributed by atoms with Crippen molar-refractivity contribution >= 4 is 0 Å². The first-order chi connectivity index (χ1) is 9.86. The van der Waals surface area contributed by atoms with Gasteiger partial charge in [-0.15, -0.1) is 5.10 Å². The molecule has 1 fully saturated rings. The first kappa shape index (κ1) is 13.3. The van der Waals surface area contributed by atoms with Crippen LogP contribution in [0.3, 0.4) is 0 Å². The van der Waals surface area contributed by atoms with Crippen molar-refractivity contribution in [2.75, 3.05) is 26.2 Å². The van der Waals surface area contributed by atoms with Gasteiger partial charge in [-0.05, 0) is 24.1 Å². The molecule has 20 heavy (non-hydrogen) atoms. The van der Waals surface area contributed by atoms with Crippen LogP contribution in [-0.2, 0) is 13.0 Å². The highest BCUT2D eigenvalue weighted by atomic mass is 15.4. The molecule has 2 aromatic rings. The summed E-state index contributed by atoms with van der Waals surface area (Å²) >= 11 is 0. The molecule has 1 N–H and O–H groups in total. The quantitative estimate of drug-likeness (QED) is 0.908. The summed E-state index contributed by atoms with van der Waals surface area (Å²) in [5.41, 5.74) is 3.58. The molecule has 1 aliphatic rings. The molecule has 5 nitrogen and oxygen atoms in total. The molecule has 0 spiro atoms. The van der Waals surface area contributed by atoms with Crippen LogP contribution < -0.4 is 5.32 Å². The number of aryl methyl sites for hydroxylation is 1. The van der Waals surface area contributed by atoms with Crippen molar-refractivity contribution in [3.05, 3.63) is 41.7 Å². The summed E-state index contributed by atoms with van der Waals surface area (Å²) in [4.78, 5) is 2.44. The summed E-state index contributed by atoms with van der Waals surface area (Å²) in [5.74, 6) is 0. The first-order valence-electron chi connectivity index (χ1n) is 7.29. The molecule has 3 rings (SSSR count). The van der Waals surface area contributed by atoms with E-state index in [0.717, 1.165) is 50.5 Å². The SMILES string of the molecule is CCc1ccc(-n2nncc2CN2CCNCC2)cc1. The molecule has 5 heteroatoms. The smallest absolute Gasteiger partial charge is 0.0786 e. The molecular weight excluding hydrogens is 250 g/mol. The monoisotopic (exact) mass is 271 g/mol. The largest absolute Gasteiger partial charge is 0.314 e. The van der Waals surface area contributed by atoms with Crippen LogP contribution in [0.15, 0.2) is 30.5 Å². The number of aromatic nitrogens is 3. The van der Waals surface area contributed by atoms with E-state index in [1.54, 1.807) is 0 Å². The molecule has 1 aromatic carbocycles. The topological polar surface area (TPSA) is 46.0 Å². The Morgan fingerprint density at radius 2 is 1.90 bits per heavy atom. The number of hydrogen-bond acceptors (Lipinski definition) is 4. The van der Waals surface area contributed by atoms with Gasteiger partial charge in [0.05, 0.1) is 17.6 Å². The van der Waals surface area contributed by atoms with Crippen LogP contribution in [0.4, 0.5) is 0 Å². The minimum absolute atomic E-state index is 0.907. The summed E-state index contributed by atoms with van der Waals surface area (Å²) < 4.78 is 1.95. The van der Waals surface area contributed by atoms with Crippen LogP contribution >= 0.6 is 0 Å². The summed E-state index contributed by atoms with van der Waals surface area (Å²) in [6.45, 7) is 7.37. The van der Waals surface area contributed by atoms with Crippen molar-refractivity contribution in [1.82, 2.24) is 25.2 Å². The lowest BCUT2D eigenvalue weighted by Crippen LogP contribution is -2.43. The van der Waals surface area contributed by atoms with E-state index in [9.17, 15) is 0 Å². The van der Waals surface area contributed by atoms with Crippen molar-refractivity contribution < 1.29 is 0 Å². The Morgan fingerprint density at radius 3 is 2.60 bits per heavy atom.